The Morgan fingerprint density at radius 2 is 2.14 bits per heavy atom. The second-order valence-corrected chi connectivity index (χ2v) is 5.96. The zero-order valence-electron chi connectivity index (χ0n) is 10.2. The number of thioether (sulfide) groups is 1. The van der Waals surface area contributed by atoms with E-state index in [0.29, 0.717) is 9.47 Å². The minimum atomic E-state index is -4.42. The van der Waals surface area contributed by atoms with E-state index in [4.69, 9.17) is 5.11 Å². The Bertz CT molecular complexity index is 646. The van der Waals surface area contributed by atoms with Gasteiger partial charge in [-0.05, 0) is 18.2 Å². The van der Waals surface area contributed by atoms with Crippen LogP contribution in [0.1, 0.15) is 5.56 Å². The predicted molar refractivity (Wildman–Crippen MR) is 73.0 cm³/mol. The lowest BCUT2D eigenvalue weighted by atomic mass is 10.2. The van der Waals surface area contributed by atoms with E-state index in [9.17, 15) is 18.0 Å². The monoisotopic (exact) mass is 335 g/mol. The van der Waals surface area contributed by atoms with E-state index < -0.39 is 17.7 Å². The third-order valence-electron chi connectivity index (χ3n) is 2.17. The predicted octanol–water partition coefficient (Wildman–Crippen LogP) is 3.48. The first-order valence-corrected chi connectivity index (χ1v) is 7.27. The molecule has 1 aromatic carbocycles. The summed E-state index contributed by atoms with van der Waals surface area (Å²) in [6, 6.07) is 4.69. The summed E-state index contributed by atoms with van der Waals surface area (Å²) in [6.45, 7) is 0. The third kappa shape index (κ3) is 4.60. The van der Waals surface area contributed by atoms with Crippen molar-refractivity contribution >= 4 is 39.9 Å². The first-order valence-electron chi connectivity index (χ1n) is 5.47. The van der Waals surface area contributed by atoms with Gasteiger partial charge in [-0.1, -0.05) is 29.2 Å². The molecular formula is C11H8F3N3O2S2. The molecule has 0 spiro atoms. The molecule has 112 valence electrons. The number of hydrogen-bond donors (Lipinski definition) is 2. The number of nitrogens with one attached hydrogen (secondary N) is 1. The van der Waals surface area contributed by atoms with Gasteiger partial charge in [-0.2, -0.15) is 13.2 Å². The summed E-state index contributed by atoms with van der Waals surface area (Å²) in [6.07, 6.45) is -4.42. The molecule has 1 heterocycles. The molecule has 1 aromatic heterocycles. The number of aliphatic carboxylic acids is 1. The van der Waals surface area contributed by atoms with Gasteiger partial charge in [0.05, 0.1) is 11.3 Å². The van der Waals surface area contributed by atoms with Crippen LogP contribution in [0.15, 0.2) is 28.6 Å². The van der Waals surface area contributed by atoms with Crippen LogP contribution < -0.4 is 5.32 Å². The molecule has 0 atom stereocenters. The van der Waals surface area contributed by atoms with Crippen LogP contribution in [-0.2, 0) is 11.0 Å². The number of carboxylic acid groups (broad SMARTS) is 1. The highest BCUT2D eigenvalue weighted by molar-refractivity contribution is 8.01. The maximum atomic E-state index is 12.6. The van der Waals surface area contributed by atoms with Crippen LogP contribution in [0.4, 0.5) is 24.0 Å². The molecule has 0 aliphatic carbocycles. The van der Waals surface area contributed by atoms with E-state index in [2.05, 4.69) is 15.5 Å². The van der Waals surface area contributed by atoms with Crippen molar-refractivity contribution < 1.29 is 23.1 Å². The zero-order chi connectivity index (χ0) is 15.5. The maximum Gasteiger partial charge on any atom is 0.416 e. The summed E-state index contributed by atoms with van der Waals surface area (Å²) in [5.41, 5.74) is -0.534. The molecule has 2 aromatic rings. The SMILES string of the molecule is O=C(O)CSc1nnc(Nc2cccc(C(F)(F)F)c2)s1. The molecule has 21 heavy (non-hydrogen) atoms. The third-order valence-corrected chi connectivity index (χ3v) is 4.12. The number of rotatable bonds is 5. The molecule has 0 bridgehead atoms. The lowest BCUT2D eigenvalue weighted by Gasteiger charge is -2.08. The molecule has 2 rings (SSSR count). The summed E-state index contributed by atoms with van der Waals surface area (Å²) < 4.78 is 38.1. The summed E-state index contributed by atoms with van der Waals surface area (Å²) in [7, 11) is 0. The molecule has 0 amide bonds. The number of anilines is 2. The number of halogens is 3. The standard InChI is InChI=1S/C11H8F3N3O2S2/c12-11(13,14)6-2-1-3-7(4-6)15-9-16-17-10(21-9)20-5-8(18)19/h1-4H,5H2,(H,15,16)(H,18,19). The number of hydrogen-bond acceptors (Lipinski definition) is 6. The van der Waals surface area contributed by atoms with E-state index in [1.54, 1.807) is 0 Å². The van der Waals surface area contributed by atoms with Gasteiger partial charge in [0.15, 0.2) is 4.34 Å². The van der Waals surface area contributed by atoms with Gasteiger partial charge in [0.25, 0.3) is 0 Å². The average molecular weight is 335 g/mol. The van der Waals surface area contributed by atoms with Gasteiger partial charge in [-0.15, -0.1) is 10.2 Å². The van der Waals surface area contributed by atoms with Gasteiger partial charge in [-0.3, -0.25) is 4.79 Å². The van der Waals surface area contributed by atoms with E-state index in [1.165, 1.54) is 12.1 Å². The van der Waals surface area contributed by atoms with Crippen LogP contribution in [0, 0.1) is 0 Å². The van der Waals surface area contributed by atoms with E-state index >= 15 is 0 Å². The summed E-state index contributed by atoms with van der Waals surface area (Å²) in [5, 5.41) is 19.0. The van der Waals surface area contributed by atoms with Crippen LogP contribution in [-0.4, -0.2) is 27.0 Å². The lowest BCUT2D eigenvalue weighted by Crippen LogP contribution is -2.05. The molecule has 0 aliphatic rings. The second kappa shape index (κ2) is 6.31. The first-order chi connectivity index (χ1) is 9.84. The number of benzene rings is 1. The van der Waals surface area contributed by atoms with Crippen molar-refractivity contribution in [1.82, 2.24) is 10.2 Å². The number of carbonyl (C=O) groups is 1. The van der Waals surface area contributed by atoms with Crippen LogP contribution in [0.2, 0.25) is 0 Å². The molecule has 0 radical (unpaired) electrons. The molecule has 0 unspecified atom stereocenters. The molecule has 0 fully saturated rings. The summed E-state index contributed by atoms with van der Waals surface area (Å²) in [4.78, 5) is 10.4. The Morgan fingerprint density at radius 3 is 2.81 bits per heavy atom. The van der Waals surface area contributed by atoms with Gasteiger partial charge >= 0.3 is 12.1 Å². The molecule has 5 nitrogen and oxygen atoms in total. The van der Waals surface area contributed by atoms with Crippen LogP contribution in [0.3, 0.4) is 0 Å². The van der Waals surface area contributed by atoms with Gasteiger partial charge < -0.3 is 10.4 Å². The summed E-state index contributed by atoms with van der Waals surface area (Å²) >= 11 is 2.06. The van der Waals surface area contributed by atoms with E-state index in [0.717, 1.165) is 35.2 Å². The van der Waals surface area contributed by atoms with Crippen molar-refractivity contribution in [3.05, 3.63) is 29.8 Å². The van der Waals surface area contributed by atoms with Crippen molar-refractivity contribution in [3.8, 4) is 0 Å². The highest BCUT2D eigenvalue weighted by Crippen LogP contribution is 2.32. The average Bonchev–Trinajstić information content (AvgIpc) is 2.83. The van der Waals surface area contributed by atoms with Gasteiger partial charge in [0, 0.05) is 5.69 Å². The van der Waals surface area contributed by atoms with E-state index in [1.807, 2.05) is 0 Å². The zero-order valence-corrected chi connectivity index (χ0v) is 11.8. The van der Waals surface area contributed by atoms with Crippen LogP contribution >= 0.6 is 23.1 Å². The minimum absolute atomic E-state index is 0.155. The highest BCUT2D eigenvalue weighted by atomic mass is 32.2. The minimum Gasteiger partial charge on any atom is -0.481 e. The summed E-state index contributed by atoms with van der Waals surface area (Å²) in [5.74, 6) is -1.14. The van der Waals surface area contributed by atoms with Gasteiger partial charge in [-0.25, -0.2) is 0 Å². The highest BCUT2D eigenvalue weighted by Gasteiger charge is 2.30. The van der Waals surface area contributed by atoms with Crippen LogP contribution in [0.25, 0.3) is 0 Å². The fourth-order valence-electron chi connectivity index (χ4n) is 1.34. The molecule has 0 saturated heterocycles. The Morgan fingerprint density at radius 1 is 1.38 bits per heavy atom. The molecule has 0 aliphatic heterocycles. The topological polar surface area (TPSA) is 75.1 Å². The smallest absolute Gasteiger partial charge is 0.416 e. The Balaban J connectivity index is 2.07. The van der Waals surface area contributed by atoms with Crippen molar-refractivity contribution in [3.63, 3.8) is 0 Å². The van der Waals surface area contributed by atoms with Gasteiger partial charge in [0.2, 0.25) is 5.13 Å². The maximum absolute atomic E-state index is 12.6. The normalized spacial score (nSPS) is 11.4. The largest absolute Gasteiger partial charge is 0.481 e. The van der Waals surface area contributed by atoms with Crippen molar-refractivity contribution in [1.29, 1.82) is 0 Å². The fourth-order valence-corrected chi connectivity index (χ4v) is 2.83. The molecule has 10 heteroatoms. The number of alkyl halides is 3. The van der Waals surface area contributed by atoms with Crippen LogP contribution in [0.5, 0.6) is 0 Å². The van der Waals surface area contributed by atoms with Crippen molar-refractivity contribution in [2.75, 3.05) is 11.1 Å². The first kappa shape index (κ1) is 15.6. The Kier molecular flexibility index (Phi) is 4.68. The van der Waals surface area contributed by atoms with Crippen molar-refractivity contribution in [2.45, 2.75) is 10.5 Å². The number of nitrogens with zero attached hydrogens (tertiary/aromatic N) is 2. The quantitative estimate of drug-likeness (QED) is 0.815. The Hall–Kier alpha value is -1.81. The molecule has 2 N–H and O–H groups in total. The number of carboxylic acids is 1. The molecule has 0 saturated carbocycles. The Labute approximate surface area is 125 Å². The number of aromatic nitrogens is 2. The fraction of sp³-hybridized carbons (Fsp3) is 0.182. The van der Waals surface area contributed by atoms with Gasteiger partial charge in [0.1, 0.15) is 0 Å². The molecular weight excluding hydrogens is 327 g/mol. The lowest BCUT2D eigenvalue weighted by molar-refractivity contribution is -0.137. The van der Waals surface area contributed by atoms with E-state index in [-0.39, 0.29) is 11.4 Å². The van der Waals surface area contributed by atoms with Crippen molar-refractivity contribution in [2.24, 2.45) is 0 Å². The second-order valence-electron chi connectivity index (χ2n) is 3.76.